The van der Waals surface area contributed by atoms with Gasteiger partial charge in [-0.15, -0.1) is 0 Å². The largest absolute Gasteiger partial charge is 3.00 e. The van der Waals surface area contributed by atoms with Crippen LogP contribution in [0.15, 0.2) is 0 Å². The molecule has 0 spiro atoms. The Bertz CT molecular complexity index is 214. The minimum absolute atomic E-state index is 0. The summed E-state index contributed by atoms with van der Waals surface area (Å²) in [6.45, 7) is 7.12. The molecule has 0 fully saturated rings. The van der Waals surface area contributed by atoms with Crippen LogP contribution in [-0.2, 0) is 13.7 Å². The minimum Gasteiger partial charge on any atom is -0.800 e. The zero-order valence-electron chi connectivity index (χ0n) is 10.4. The van der Waals surface area contributed by atoms with E-state index in [0.29, 0.717) is 0 Å². The molecule has 0 aliphatic carbocycles. The molecular formula is C6H18AlO6P3. The Balaban J connectivity index is -0.0000000655. The average Bonchev–Trinajstić information content (AvgIpc) is 1.41. The third-order valence-electron chi connectivity index (χ3n) is 0. The van der Waals surface area contributed by atoms with E-state index in [1.807, 2.05) is 0 Å². The summed E-state index contributed by atoms with van der Waals surface area (Å²) in [5.41, 5.74) is 0. The summed E-state index contributed by atoms with van der Waals surface area (Å²) in [5.74, 6) is 0. The van der Waals surface area contributed by atoms with Gasteiger partial charge in [-0.3, -0.25) is 0 Å². The molecule has 0 radical (unpaired) electrons. The van der Waals surface area contributed by atoms with E-state index in [4.69, 9.17) is 0 Å². The molecule has 0 heterocycles. The molecular weight excluding hydrogens is 288 g/mol. The maximum atomic E-state index is 9.66. The molecule has 96 valence electrons. The van der Waals surface area contributed by atoms with Crippen LogP contribution in [0.3, 0.4) is 0 Å². The molecule has 0 rings (SSSR count). The number of hydrogen-bond acceptors (Lipinski definition) is 6. The first kappa shape index (κ1) is 25.8. The van der Waals surface area contributed by atoms with Gasteiger partial charge in [0.25, 0.3) is 0 Å². The molecule has 0 aromatic heterocycles. The molecule has 0 aliphatic rings. The van der Waals surface area contributed by atoms with Crippen LogP contribution in [0.4, 0.5) is 0 Å². The van der Waals surface area contributed by atoms with Crippen molar-refractivity contribution in [2.45, 2.75) is 0 Å². The van der Waals surface area contributed by atoms with Crippen molar-refractivity contribution in [2.75, 3.05) is 40.0 Å². The summed E-state index contributed by atoms with van der Waals surface area (Å²) in [6.07, 6.45) is 0. The summed E-state index contributed by atoms with van der Waals surface area (Å²) < 4.78 is 29.0. The van der Waals surface area contributed by atoms with E-state index in [2.05, 4.69) is 0 Å². The third kappa shape index (κ3) is 2470. The molecule has 0 N–H and O–H groups in total. The van der Waals surface area contributed by atoms with Gasteiger partial charge >= 0.3 is 17.4 Å². The Morgan fingerprint density at radius 1 is 0.562 bits per heavy atom. The second kappa shape index (κ2) is 10.1. The van der Waals surface area contributed by atoms with Crippen molar-refractivity contribution in [3.8, 4) is 0 Å². The Labute approximate surface area is 108 Å². The Kier molecular flexibility index (Phi) is 16.2. The van der Waals surface area contributed by atoms with Crippen LogP contribution in [0, 0.1) is 0 Å². The first-order valence-corrected chi connectivity index (χ1v) is 11.3. The van der Waals surface area contributed by atoms with Gasteiger partial charge < -0.3 is 28.4 Å². The zero-order valence-corrected chi connectivity index (χ0v) is 14.2. The number of hydrogen-bond donors (Lipinski definition) is 0. The molecule has 0 atom stereocenters. The van der Waals surface area contributed by atoms with Gasteiger partial charge in [0.2, 0.25) is 0 Å². The van der Waals surface area contributed by atoms with Crippen molar-refractivity contribution < 1.29 is 28.4 Å². The second-order valence-corrected chi connectivity index (χ2v) is 11.3. The van der Waals surface area contributed by atoms with Crippen LogP contribution in [0.25, 0.3) is 0 Å². The third-order valence-corrected chi connectivity index (χ3v) is 0. The van der Waals surface area contributed by atoms with Gasteiger partial charge in [-0.2, -0.15) is 0 Å². The van der Waals surface area contributed by atoms with Gasteiger partial charge in [-0.25, -0.2) is 0 Å². The van der Waals surface area contributed by atoms with Gasteiger partial charge in [-0.1, -0.05) is 0 Å². The molecule has 10 heteroatoms. The second-order valence-electron chi connectivity index (χ2n) is 3.76. The van der Waals surface area contributed by atoms with Crippen LogP contribution in [-0.4, -0.2) is 57.4 Å². The monoisotopic (exact) mass is 306 g/mol. The van der Waals surface area contributed by atoms with Crippen molar-refractivity contribution in [1.82, 2.24) is 0 Å². The Morgan fingerprint density at radius 3 is 0.562 bits per heavy atom. The molecule has 0 amide bonds. The van der Waals surface area contributed by atoms with E-state index < -0.39 is 22.1 Å². The van der Waals surface area contributed by atoms with Crippen LogP contribution in [0.5, 0.6) is 0 Å². The number of rotatable bonds is 0. The Morgan fingerprint density at radius 2 is 0.562 bits per heavy atom. The quantitative estimate of drug-likeness (QED) is 0.430. The molecule has 0 saturated carbocycles. The van der Waals surface area contributed by atoms with Crippen molar-refractivity contribution in [3.63, 3.8) is 0 Å². The van der Waals surface area contributed by atoms with E-state index in [1.54, 1.807) is 0 Å². The fourth-order valence-electron chi connectivity index (χ4n) is 0. The zero-order chi connectivity index (χ0) is 13.5. The standard InChI is InChI=1S/3C2H7O2P.Al/c3*1-5(2,3)4;/h3*1-2H3,(H,3,4);/q;;;+3/p-3. The molecule has 0 aliphatic heterocycles. The predicted molar refractivity (Wildman–Crippen MR) is 64.1 cm³/mol. The molecule has 0 aromatic rings. The summed E-state index contributed by atoms with van der Waals surface area (Å²) in [4.78, 5) is 29.0. The van der Waals surface area contributed by atoms with Crippen LogP contribution in [0.2, 0.25) is 0 Å². The van der Waals surface area contributed by atoms with E-state index in [1.165, 1.54) is 40.0 Å². The molecule has 0 saturated heterocycles. The predicted octanol–water partition coefficient (Wildman–Crippen LogP) is -0.728. The molecule has 0 unspecified atom stereocenters. The fourth-order valence-corrected chi connectivity index (χ4v) is 0. The van der Waals surface area contributed by atoms with Gasteiger partial charge in [0.15, 0.2) is 0 Å². The van der Waals surface area contributed by atoms with Gasteiger partial charge in [0.05, 0.1) is 0 Å². The summed E-state index contributed by atoms with van der Waals surface area (Å²) in [6, 6.07) is 0. The van der Waals surface area contributed by atoms with Crippen molar-refractivity contribution >= 4 is 39.5 Å². The van der Waals surface area contributed by atoms with E-state index >= 15 is 0 Å². The minimum atomic E-state index is -2.89. The average molecular weight is 306 g/mol. The molecule has 16 heavy (non-hydrogen) atoms. The summed E-state index contributed by atoms with van der Waals surface area (Å²) in [5, 5.41) is 0. The smallest absolute Gasteiger partial charge is 0.800 e. The van der Waals surface area contributed by atoms with Crippen molar-refractivity contribution in [3.05, 3.63) is 0 Å². The maximum absolute atomic E-state index is 9.66. The van der Waals surface area contributed by atoms with E-state index in [-0.39, 0.29) is 17.4 Å². The van der Waals surface area contributed by atoms with Gasteiger partial charge in [0, 0.05) is 22.1 Å². The van der Waals surface area contributed by atoms with Gasteiger partial charge in [0.1, 0.15) is 0 Å². The first-order valence-electron chi connectivity index (χ1n) is 3.78. The van der Waals surface area contributed by atoms with Crippen LogP contribution >= 0.6 is 22.1 Å². The van der Waals surface area contributed by atoms with E-state index in [0.717, 1.165) is 0 Å². The Hall–Kier alpha value is 1.10. The van der Waals surface area contributed by atoms with E-state index in [9.17, 15) is 28.4 Å². The first-order chi connectivity index (χ1) is 6.00. The SMILES string of the molecule is CP(C)(=O)[O-].CP(C)(=O)[O-].CP(C)(=O)[O-].[Al+3]. The van der Waals surface area contributed by atoms with Crippen LogP contribution in [0.1, 0.15) is 0 Å². The fraction of sp³-hybridized carbons (Fsp3) is 1.00. The van der Waals surface area contributed by atoms with Gasteiger partial charge in [-0.05, 0) is 40.0 Å². The normalized spacial score (nSPS) is 11.1. The topological polar surface area (TPSA) is 120 Å². The molecule has 0 aromatic carbocycles. The van der Waals surface area contributed by atoms with Crippen molar-refractivity contribution in [2.24, 2.45) is 0 Å². The van der Waals surface area contributed by atoms with Crippen molar-refractivity contribution in [1.29, 1.82) is 0 Å². The van der Waals surface area contributed by atoms with Crippen LogP contribution < -0.4 is 14.7 Å². The molecule has 0 bridgehead atoms. The summed E-state index contributed by atoms with van der Waals surface area (Å²) >= 11 is 0. The maximum Gasteiger partial charge on any atom is 3.00 e. The summed E-state index contributed by atoms with van der Waals surface area (Å²) in [7, 11) is -8.67. The molecule has 6 nitrogen and oxygen atoms in total.